The zero-order chi connectivity index (χ0) is 16.4. The third kappa shape index (κ3) is 3.32. The summed E-state index contributed by atoms with van der Waals surface area (Å²) in [6.07, 6.45) is 10.4. The molecule has 0 saturated carbocycles. The molecule has 122 valence electrons. The monoisotopic (exact) mass is 311 g/mol. The van der Waals surface area contributed by atoms with E-state index in [1.54, 1.807) is 6.07 Å². The Morgan fingerprint density at radius 3 is 2.87 bits per heavy atom. The second-order valence-electron chi connectivity index (χ2n) is 6.91. The van der Waals surface area contributed by atoms with Gasteiger partial charge in [-0.15, -0.1) is 0 Å². The summed E-state index contributed by atoms with van der Waals surface area (Å²) in [5, 5.41) is 16.6. The van der Waals surface area contributed by atoms with E-state index < -0.39 is 0 Å². The molecule has 0 radical (unpaired) electrons. The molecule has 1 unspecified atom stereocenters. The van der Waals surface area contributed by atoms with Crippen LogP contribution in [0, 0.1) is 0 Å². The van der Waals surface area contributed by atoms with Crippen molar-refractivity contribution in [3.63, 3.8) is 0 Å². The van der Waals surface area contributed by atoms with Crippen LogP contribution in [-0.4, -0.2) is 22.0 Å². The Bertz CT molecular complexity index is 673. The highest BCUT2D eigenvalue weighted by Crippen LogP contribution is 2.32. The lowest BCUT2D eigenvalue weighted by atomic mass is 9.80. The van der Waals surface area contributed by atoms with Crippen LogP contribution in [0.15, 0.2) is 47.6 Å². The molecule has 1 aliphatic heterocycles. The fourth-order valence-corrected chi connectivity index (χ4v) is 3.21. The van der Waals surface area contributed by atoms with E-state index in [0.717, 1.165) is 24.1 Å². The number of allylic oxidation sites excluding steroid dienone is 2. The van der Waals surface area contributed by atoms with Crippen molar-refractivity contribution >= 4 is 5.71 Å². The predicted molar refractivity (Wildman–Crippen MR) is 94.2 cm³/mol. The van der Waals surface area contributed by atoms with Crippen molar-refractivity contribution in [3.05, 3.63) is 53.6 Å². The Balaban J connectivity index is 1.79. The summed E-state index contributed by atoms with van der Waals surface area (Å²) >= 11 is 0. The van der Waals surface area contributed by atoms with E-state index in [4.69, 9.17) is 0 Å². The molecular weight excluding hydrogens is 286 g/mol. The van der Waals surface area contributed by atoms with Crippen LogP contribution in [0.4, 0.5) is 0 Å². The van der Waals surface area contributed by atoms with Crippen LogP contribution in [0.5, 0.6) is 5.75 Å². The van der Waals surface area contributed by atoms with Crippen LogP contribution < -0.4 is 5.43 Å². The van der Waals surface area contributed by atoms with Crippen molar-refractivity contribution in [1.82, 2.24) is 10.5 Å². The number of rotatable bonds is 5. The summed E-state index contributed by atoms with van der Waals surface area (Å²) < 4.78 is 0. The van der Waals surface area contributed by atoms with Crippen LogP contribution in [0.2, 0.25) is 0 Å². The smallest absolute Gasteiger partial charge is 0.120 e. The van der Waals surface area contributed by atoms with Crippen LogP contribution in [0.1, 0.15) is 44.7 Å². The van der Waals surface area contributed by atoms with Crippen molar-refractivity contribution in [1.29, 1.82) is 0 Å². The lowest BCUT2D eigenvalue weighted by molar-refractivity contribution is 0.206. The molecule has 0 bridgehead atoms. The minimum Gasteiger partial charge on any atom is -0.508 e. The second kappa shape index (κ2) is 6.20. The molecule has 2 aliphatic rings. The highest BCUT2D eigenvalue weighted by Gasteiger charge is 2.25. The number of nitrogens with zero attached hydrogens (tertiary/aromatic N) is 2. The molecule has 23 heavy (non-hydrogen) atoms. The first-order chi connectivity index (χ1) is 11.0. The Kier molecular flexibility index (Phi) is 4.26. The topological polar surface area (TPSA) is 47.9 Å². The van der Waals surface area contributed by atoms with E-state index in [9.17, 15) is 5.11 Å². The number of hydrogen-bond acceptors (Lipinski definition) is 4. The van der Waals surface area contributed by atoms with E-state index in [1.807, 2.05) is 29.4 Å². The van der Waals surface area contributed by atoms with Gasteiger partial charge in [-0.2, -0.15) is 5.10 Å². The number of hydrazine groups is 1. The van der Waals surface area contributed by atoms with Crippen molar-refractivity contribution < 1.29 is 5.11 Å². The normalized spacial score (nSPS) is 19.9. The molecule has 0 fully saturated rings. The lowest BCUT2D eigenvalue weighted by Crippen LogP contribution is -2.36. The first-order valence-electron chi connectivity index (χ1n) is 8.29. The summed E-state index contributed by atoms with van der Waals surface area (Å²) in [7, 11) is 0. The van der Waals surface area contributed by atoms with Crippen molar-refractivity contribution in [2.24, 2.45) is 5.10 Å². The van der Waals surface area contributed by atoms with Gasteiger partial charge >= 0.3 is 0 Å². The Morgan fingerprint density at radius 1 is 1.30 bits per heavy atom. The number of aromatic hydroxyl groups is 1. The van der Waals surface area contributed by atoms with Gasteiger partial charge in [-0.25, -0.2) is 10.5 Å². The average molecular weight is 311 g/mol. The van der Waals surface area contributed by atoms with E-state index in [1.165, 1.54) is 5.56 Å². The predicted octanol–water partition coefficient (Wildman–Crippen LogP) is 3.64. The zero-order valence-corrected chi connectivity index (χ0v) is 14.1. The molecule has 0 spiro atoms. The molecular formula is C19H25N3O. The van der Waals surface area contributed by atoms with Gasteiger partial charge in [-0.1, -0.05) is 51.5 Å². The molecule has 0 aromatic heterocycles. The number of hydrazone groups is 1. The number of phenolic OH excluding ortho intramolecular Hbond substituents is 1. The highest BCUT2D eigenvalue weighted by molar-refractivity contribution is 6.02. The Labute approximate surface area is 138 Å². The maximum Gasteiger partial charge on any atom is 0.120 e. The number of nitrogens with one attached hydrogen (secondary N) is 1. The van der Waals surface area contributed by atoms with E-state index in [2.05, 4.69) is 43.4 Å². The molecule has 1 heterocycles. The molecule has 2 N–H and O–H groups in total. The minimum atomic E-state index is 0.112. The molecule has 1 aromatic carbocycles. The van der Waals surface area contributed by atoms with Gasteiger partial charge in [0.25, 0.3) is 0 Å². The van der Waals surface area contributed by atoms with Crippen LogP contribution in [0.25, 0.3) is 0 Å². The summed E-state index contributed by atoms with van der Waals surface area (Å²) in [6, 6.07) is 6.09. The van der Waals surface area contributed by atoms with E-state index in [-0.39, 0.29) is 11.5 Å². The number of phenols is 1. The third-order valence-corrected chi connectivity index (χ3v) is 4.58. The quantitative estimate of drug-likeness (QED) is 0.873. The van der Waals surface area contributed by atoms with Crippen molar-refractivity contribution in [2.45, 2.75) is 51.6 Å². The Morgan fingerprint density at radius 2 is 2.13 bits per heavy atom. The standard InChI is InChI=1S/C19H25N3O/c1-4-11-19(2,3)15-9-10-18(23)14(12-15)13-22-20-16-7-5-6-8-17(16)21-22/h5-10,12,16,20,23H,4,11,13H2,1-3H3. The molecule has 1 aliphatic carbocycles. The van der Waals surface area contributed by atoms with E-state index in [0.29, 0.717) is 12.3 Å². The first-order valence-corrected chi connectivity index (χ1v) is 8.29. The Hall–Kier alpha value is -2.07. The number of hydrogen-bond donors (Lipinski definition) is 2. The average Bonchev–Trinajstić information content (AvgIpc) is 2.91. The summed E-state index contributed by atoms with van der Waals surface area (Å²) in [5.74, 6) is 0.323. The SMILES string of the molecule is CCCC(C)(C)c1ccc(O)c(CN2N=C3C=CC=CC3N2)c1. The maximum atomic E-state index is 10.2. The molecule has 4 nitrogen and oxygen atoms in total. The zero-order valence-electron chi connectivity index (χ0n) is 14.1. The molecule has 4 heteroatoms. The minimum absolute atomic E-state index is 0.112. The second-order valence-corrected chi connectivity index (χ2v) is 6.91. The maximum absolute atomic E-state index is 10.2. The van der Waals surface area contributed by atoms with Gasteiger partial charge in [0.2, 0.25) is 0 Å². The molecule has 3 rings (SSSR count). The number of fused-ring (bicyclic) bond motifs is 1. The molecule has 1 atom stereocenters. The molecule has 0 amide bonds. The van der Waals surface area contributed by atoms with Gasteiger partial charge in [0.1, 0.15) is 5.75 Å². The fraction of sp³-hybridized carbons (Fsp3) is 0.421. The largest absolute Gasteiger partial charge is 0.508 e. The van der Waals surface area contributed by atoms with Crippen LogP contribution in [0.3, 0.4) is 0 Å². The van der Waals surface area contributed by atoms with Crippen LogP contribution in [-0.2, 0) is 12.0 Å². The summed E-state index contributed by atoms with van der Waals surface area (Å²) in [5.41, 5.74) is 6.61. The fourth-order valence-electron chi connectivity index (χ4n) is 3.21. The molecule has 1 aromatic rings. The van der Waals surface area contributed by atoms with Gasteiger partial charge in [-0.05, 0) is 35.6 Å². The van der Waals surface area contributed by atoms with Crippen LogP contribution >= 0.6 is 0 Å². The van der Waals surface area contributed by atoms with Crippen molar-refractivity contribution in [2.75, 3.05) is 0 Å². The molecule has 0 saturated heterocycles. The number of benzene rings is 1. The van der Waals surface area contributed by atoms with Gasteiger partial charge in [0, 0.05) is 5.56 Å². The summed E-state index contributed by atoms with van der Waals surface area (Å²) in [6.45, 7) is 7.26. The third-order valence-electron chi connectivity index (χ3n) is 4.58. The first kappa shape index (κ1) is 15.8. The van der Waals surface area contributed by atoms with Crippen molar-refractivity contribution in [3.8, 4) is 5.75 Å². The van der Waals surface area contributed by atoms with Gasteiger partial charge in [0.05, 0.1) is 18.3 Å². The van der Waals surface area contributed by atoms with Gasteiger partial charge < -0.3 is 5.11 Å². The van der Waals surface area contributed by atoms with Gasteiger partial charge in [-0.3, -0.25) is 0 Å². The van der Waals surface area contributed by atoms with Gasteiger partial charge in [0.15, 0.2) is 0 Å². The summed E-state index contributed by atoms with van der Waals surface area (Å²) in [4.78, 5) is 0. The highest BCUT2D eigenvalue weighted by atomic mass is 16.3. The lowest BCUT2D eigenvalue weighted by Gasteiger charge is -2.26. The van der Waals surface area contributed by atoms with E-state index >= 15 is 0 Å².